The first kappa shape index (κ1) is 22.1. The second kappa shape index (κ2) is 11.7. The number of aryl methyl sites for hydroxylation is 1. The molecule has 0 aliphatic carbocycles. The molecule has 1 atom stereocenters. The van der Waals surface area contributed by atoms with Crippen LogP contribution in [0.2, 0.25) is 0 Å². The molecule has 0 saturated carbocycles. The van der Waals surface area contributed by atoms with Crippen molar-refractivity contribution in [1.29, 1.82) is 0 Å². The molecule has 0 radical (unpaired) electrons. The maximum absolute atomic E-state index is 5.12. The van der Waals surface area contributed by atoms with Gasteiger partial charge in [-0.1, -0.05) is 26.7 Å². The van der Waals surface area contributed by atoms with Gasteiger partial charge in [0.25, 0.3) is 0 Å². The molecule has 1 aliphatic heterocycles. The zero-order valence-corrected chi connectivity index (χ0v) is 18.2. The number of hydrogen-bond donors (Lipinski definition) is 2. The van der Waals surface area contributed by atoms with Crippen molar-refractivity contribution < 1.29 is 4.74 Å². The number of nitrogens with one attached hydrogen (secondary N) is 2. The number of nitrogens with zero attached hydrogens (tertiary/aromatic N) is 4. The predicted molar refractivity (Wildman–Crippen MR) is 111 cm³/mol. The SMILES string of the molecule is CCNC(=NCC(CC)CC)NC1CCc2nc(COC)nn2C1.I. The summed E-state index contributed by atoms with van der Waals surface area (Å²) in [6.45, 7) is 9.60. The summed E-state index contributed by atoms with van der Waals surface area (Å²) in [5.41, 5.74) is 0. The molecule has 8 heteroatoms. The van der Waals surface area contributed by atoms with Crippen molar-refractivity contribution in [3.63, 3.8) is 0 Å². The Morgan fingerprint density at radius 3 is 2.76 bits per heavy atom. The van der Waals surface area contributed by atoms with Gasteiger partial charge < -0.3 is 15.4 Å². The molecule has 7 nitrogen and oxygen atoms in total. The van der Waals surface area contributed by atoms with Gasteiger partial charge in [0.2, 0.25) is 0 Å². The van der Waals surface area contributed by atoms with Crippen LogP contribution in [0.5, 0.6) is 0 Å². The highest BCUT2D eigenvalue weighted by Crippen LogP contribution is 2.13. The second-order valence-corrected chi connectivity index (χ2v) is 6.34. The smallest absolute Gasteiger partial charge is 0.191 e. The maximum Gasteiger partial charge on any atom is 0.191 e. The summed E-state index contributed by atoms with van der Waals surface area (Å²) in [5.74, 6) is 3.39. The highest BCUT2D eigenvalue weighted by molar-refractivity contribution is 14.0. The van der Waals surface area contributed by atoms with E-state index in [1.807, 2.05) is 4.68 Å². The van der Waals surface area contributed by atoms with Gasteiger partial charge in [-0.3, -0.25) is 4.99 Å². The number of aromatic nitrogens is 3. The first-order valence-electron chi connectivity index (χ1n) is 9.16. The van der Waals surface area contributed by atoms with Crippen LogP contribution in [0.1, 0.15) is 51.7 Å². The molecular weight excluding hydrogens is 431 g/mol. The summed E-state index contributed by atoms with van der Waals surface area (Å²) in [7, 11) is 1.67. The number of ether oxygens (including phenoxy) is 1. The van der Waals surface area contributed by atoms with E-state index in [4.69, 9.17) is 9.73 Å². The fourth-order valence-corrected chi connectivity index (χ4v) is 2.95. The summed E-state index contributed by atoms with van der Waals surface area (Å²) in [5, 5.41) is 11.4. The number of guanidine groups is 1. The third-order valence-electron chi connectivity index (χ3n) is 4.52. The van der Waals surface area contributed by atoms with Crippen LogP contribution in [-0.2, 0) is 24.3 Å². The lowest BCUT2D eigenvalue weighted by Gasteiger charge is -2.25. The molecule has 1 aromatic rings. The Hall–Kier alpha value is -0.900. The van der Waals surface area contributed by atoms with Gasteiger partial charge in [0.15, 0.2) is 11.8 Å². The molecule has 1 aromatic heterocycles. The van der Waals surface area contributed by atoms with Crippen molar-refractivity contribution in [2.24, 2.45) is 10.9 Å². The van der Waals surface area contributed by atoms with Crippen LogP contribution >= 0.6 is 24.0 Å². The number of methoxy groups -OCH3 is 1. The van der Waals surface area contributed by atoms with Crippen LogP contribution < -0.4 is 10.6 Å². The molecular formula is C17H33IN6O. The second-order valence-electron chi connectivity index (χ2n) is 6.34. The number of fused-ring (bicyclic) bond motifs is 1. The normalized spacial score (nSPS) is 17.2. The monoisotopic (exact) mass is 464 g/mol. The molecule has 144 valence electrons. The van der Waals surface area contributed by atoms with E-state index < -0.39 is 0 Å². The van der Waals surface area contributed by atoms with Gasteiger partial charge in [-0.15, -0.1) is 24.0 Å². The van der Waals surface area contributed by atoms with Crippen molar-refractivity contribution in [2.45, 2.75) is 65.6 Å². The largest absolute Gasteiger partial charge is 0.377 e. The molecule has 0 amide bonds. The molecule has 2 N–H and O–H groups in total. The molecule has 1 aliphatic rings. The van der Waals surface area contributed by atoms with Gasteiger partial charge >= 0.3 is 0 Å². The van der Waals surface area contributed by atoms with Crippen molar-refractivity contribution >= 4 is 29.9 Å². The fourth-order valence-electron chi connectivity index (χ4n) is 2.95. The van der Waals surface area contributed by atoms with E-state index in [2.05, 4.69) is 41.5 Å². The van der Waals surface area contributed by atoms with E-state index in [0.29, 0.717) is 18.6 Å². The van der Waals surface area contributed by atoms with Gasteiger partial charge in [0.05, 0.1) is 6.54 Å². The number of rotatable bonds is 8. The molecule has 0 saturated heterocycles. The molecule has 0 spiro atoms. The highest BCUT2D eigenvalue weighted by atomic mass is 127. The standard InChI is InChI=1S/C17H32N6O.HI/c1-5-13(6-2)10-19-17(18-7-3)20-14-8-9-16-21-15(12-24-4)22-23(16)11-14;/h13-14H,5-12H2,1-4H3,(H2,18,19,20);1H. The topological polar surface area (TPSA) is 76.4 Å². The van der Waals surface area contributed by atoms with Gasteiger partial charge in [-0.2, -0.15) is 5.10 Å². The quantitative estimate of drug-likeness (QED) is 0.351. The van der Waals surface area contributed by atoms with Crippen molar-refractivity contribution in [3.8, 4) is 0 Å². The zero-order chi connectivity index (χ0) is 17.4. The van der Waals surface area contributed by atoms with Crippen LogP contribution in [-0.4, -0.2) is 47.0 Å². The molecule has 0 fully saturated rings. The predicted octanol–water partition coefficient (Wildman–Crippen LogP) is 2.35. The highest BCUT2D eigenvalue weighted by Gasteiger charge is 2.22. The lowest BCUT2D eigenvalue weighted by atomic mass is 10.0. The van der Waals surface area contributed by atoms with Gasteiger partial charge in [-0.05, 0) is 19.3 Å². The Kier molecular flexibility index (Phi) is 10.3. The van der Waals surface area contributed by atoms with Gasteiger partial charge in [-0.25, -0.2) is 9.67 Å². The van der Waals surface area contributed by atoms with Gasteiger partial charge in [0.1, 0.15) is 12.4 Å². The Balaban J connectivity index is 0.00000312. The Morgan fingerprint density at radius 2 is 2.12 bits per heavy atom. The van der Waals surface area contributed by atoms with E-state index in [0.717, 1.165) is 50.1 Å². The number of aliphatic imine (C=N–C) groups is 1. The minimum absolute atomic E-state index is 0. The van der Waals surface area contributed by atoms with Crippen LogP contribution in [0.4, 0.5) is 0 Å². The minimum Gasteiger partial charge on any atom is -0.377 e. The summed E-state index contributed by atoms with van der Waals surface area (Å²) < 4.78 is 7.12. The van der Waals surface area contributed by atoms with Crippen molar-refractivity contribution in [2.75, 3.05) is 20.2 Å². The van der Waals surface area contributed by atoms with Crippen LogP contribution in [0.3, 0.4) is 0 Å². The fraction of sp³-hybridized carbons (Fsp3) is 0.824. The Bertz CT molecular complexity index is 529. The number of halogens is 1. The van der Waals surface area contributed by atoms with Crippen LogP contribution in [0, 0.1) is 5.92 Å². The first-order chi connectivity index (χ1) is 11.7. The average Bonchev–Trinajstić information content (AvgIpc) is 2.98. The van der Waals surface area contributed by atoms with Crippen molar-refractivity contribution in [1.82, 2.24) is 25.4 Å². The first-order valence-corrected chi connectivity index (χ1v) is 9.16. The molecule has 2 heterocycles. The average molecular weight is 464 g/mol. The third kappa shape index (κ3) is 6.73. The summed E-state index contributed by atoms with van der Waals surface area (Å²) in [4.78, 5) is 9.29. The van der Waals surface area contributed by atoms with E-state index in [9.17, 15) is 0 Å². The Morgan fingerprint density at radius 1 is 1.36 bits per heavy atom. The van der Waals surface area contributed by atoms with E-state index in [1.54, 1.807) is 7.11 Å². The van der Waals surface area contributed by atoms with E-state index in [1.165, 1.54) is 12.8 Å². The lowest BCUT2D eigenvalue weighted by molar-refractivity contribution is 0.177. The van der Waals surface area contributed by atoms with Crippen LogP contribution in [0.25, 0.3) is 0 Å². The molecule has 0 bridgehead atoms. The summed E-state index contributed by atoms with van der Waals surface area (Å²) >= 11 is 0. The summed E-state index contributed by atoms with van der Waals surface area (Å²) in [6, 6.07) is 0.328. The zero-order valence-electron chi connectivity index (χ0n) is 15.9. The third-order valence-corrected chi connectivity index (χ3v) is 4.52. The molecule has 25 heavy (non-hydrogen) atoms. The minimum atomic E-state index is 0. The Labute approximate surface area is 168 Å². The molecule has 0 aromatic carbocycles. The lowest BCUT2D eigenvalue weighted by Crippen LogP contribution is -2.47. The molecule has 2 rings (SSSR count). The van der Waals surface area contributed by atoms with Crippen molar-refractivity contribution in [3.05, 3.63) is 11.6 Å². The van der Waals surface area contributed by atoms with Gasteiger partial charge in [0, 0.05) is 32.7 Å². The maximum atomic E-state index is 5.12. The van der Waals surface area contributed by atoms with Crippen LogP contribution in [0.15, 0.2) is 4.99 Å². The van der Waals surface area contributed by atoms with E-state index in [-0.39, 0.29) is 24.0 Å². The van der Waals surface area contributed by atoms with E-state index >= 15 is 0 Å². The number of hydrogen-bond acceptors (Lipinski definition) is 4. The summed E-state index contributed by atoms with van der Waals surface area (Å²) in [6.07, 6.45) is 4.32. The molecule has 1 unspecified atom stereocenters.